The molecule has 0 aliphatic rings. The van der Waals surface area contributed by atoms with Crippen LogP contribution in [0.15, 0.2) is 22.7 Å². The molecule has 0 radical (unpaired) electrons. The summed E-state index contributed by atoms with van der Waals surface area (Å²) in [5, 5.41) is 3.01. The van der Waals surface area contributed by atoms with Gasteiger partial charge in [-0.05, 0) is 44.5 Å². The number of amides is 1. The van der Waals surface area contributed by atoms with Crippen LogP contribution in [0.4, 0.5) is 4.79 Å². The zero-order valence-electron chi connectivity index (χ0n) is 12.9. The van der Waals surface area contributed by atoms with Gasteiger partial charge in [0.25, 0.3) is 0 Å². The fourth-order valence-electron chi connectivity index (χ4n) is 1.71. The molecule has 1 rings (SSSR count). The molecule has 1 atom stereocenters. The highest BCUT2D eigenvalue weighted by molar-refractivity contribution is 9.10. The number of hydrogen-bond donors (Lipinski definition) is 1. The topological polar surface area (TPSA) is 64.6 Å². The Bertz CT molecular complexity index is 557. The smallest absolute Gasteiger partial charge is 0.408 e. The van der Waals surface area contributed by atoms with E-state index in [1.807, 2.05) is 0 Å². The molecular weight excluding hydrogens is 374 g/mol. The van der Waals surface area contributed by atoms with Crippen LogP contribution in [0.2, 0.25) is 5.02 Å². The van der Waals surface area contributed by atoms with Crippen molar-refractivity contribution < 1.29 is 19.1 Å². The van der Waals surface area contributed by atoms with E-state index < -0.39 is 23.7 Å². The minimum absolute atomic E-state index is 0.199. The molecule has 122 valence electrons. The summed E-state index contributed by atoms with van der Waals surface area (Å²) < 4.78 is 10.7. The van der Waals surface area contributed by atoms with Gasteiger partial charge in [0, 0.05) is 15.9 Å². The summed E-state index contributed by atoms with van der Waals surface area (Å²) in [5.41, 5.74) is 0.0561. The largest absolute Gasteiger partial charge is 0.467 e. The molecule has 0 saturated carbocycles. The summed E-state index contributed by atoms with van der Waals surface area (Å²) >= 11 is 9.46. The molecular formula is C15H19BrClNO4. The molecule has 0 bridgehead atoms. The van der Waals surface area contributed by atoms with Crippen LogP contribution in [0.5, 0.6) is 0 Å². The fraction of sp³-hybridized carbons (Fsp3) is 0.467. The van der Waals surface area contributed by atoms with E-state index in [1.54, 1.807) is 39.0 Å². The van der Waals surface area contributed by atoms with Crippen molar-refractivity contribution in [3.63, 3.8) is 0 Å². The molecule has 0 spiro atoms. The predicted octanol–water partition coefficient (Wildman–Crippen LogP) is 3.71. The number of esters is 1. The van der Waals surface area contributed by atoms with Gasteiger partial charge in [-0.3, -0.25) is 0 Å². The quantitative estimate of drug-likeness (QED) is 0.793. The first-order chi connectivity index (χ1) is 10.1. The van der Waals surface area contributed by atoms with E-state index in [9.17, 15) is 9.59 Å². The van der Waals surface area contributed by atoms with Gasteiger partial charge in [-0.2, -0.15) is 0 Å². The molecule has 5 nitrogen and oxygen atoms in total. The zero-order chi connectivity index (χ0) is 16.9. The van der Waals surface area contributed by atoms with Gasteiger partial charge in [0.1, 0.15) is 11.6 Å². The van der Waals surface area contributed by atoms with Crippen LogP contribution < -0.4 is 5.32 Å². The number of alkyl carbamates (subject to hydrolysis) is 1. The number of benzene rings is 1. The van der Waals surface area contributed by atoms with Gasteiger partial charge < -0.3 is 14.8 Å². The van der Waals surface area contributed by atoms with E-state index >= 15 is 0 Å². The lowest BCUT2D eigenvalue weighted by Crippen LogP contribution is -2.45. The first-order valence-corrected chi connectivity index (χ1v) is 7.80. The third-order valence-electron chi connectivity index (χ3n) is 2.61. The summed E-state index contributed by atoms with van der Waals surface area (Å²) in [5.74, 6) is -0.568. The highest BCUT2D eigenvalue weighted by atomic mass is 79.9. The summed E-state index contributed by atoms with van der Waals surface area (Å²) in [4.78, 5) is 23.7. The van der Waals surface area contributed by atoms with Crippen molar-refractivity contribution in [3.05, 3.63) is 33.3 Å². The summed E-state index contributed by atoms with van der Waals surface area (Å²) in [6, 6.07) is 4.41. The number of nitrogens with one attached hydrogen (secondary N) is 1. The number of halogens is 2. The molecule has 1 N–H and O–H groups in total. The number of carbonyl (C=O) groups is 2. The normalized spacial score (nSPS) is 12.5. The van der Waals surface area contributed by atoms with E-state index in [0.29, 0.717) is 10.6 Å². The van der Waals surface area contributed by atoms with Crippen molar-refractivity contribution in [2.75, 3.05) is 7.11 Å². The van der Waals surface area contributed by atoms with Crippen molar-refractivity contribution in [1.82, 2.24) is 5.32 Å². The third kappa shape index (κ3) is 6.23. The second kappa shape index (κ2) is 7.83. The van der Waals surface area contributed by atoms with Gasteiger partial charge in [-0.15, -0.1) is 0 Å². The summed E-state index contributed by atoms with van der Waals surface area (Å²) in [6.45, 7) is 5.22. The molecule has 1 aromatic carbocycles. The van der Waals surface area contributed by atoms with Gasteiger partial charge >= 0.3 is 12.1 Å². The average molecular weight is 393 g/mol. The van der Waals surface area contributed by atoms with Crippen LogP contribution in [-0.4, -0.2) is 30.8 Å². The molecule has 0 heterocycles. The monoisotopic (exact) mass is 391 g/mol. The molecule has 0 aliphatic heterocycles. The average Bonchev–Trinajstić information content (AvgIpc) is 2.39. The van der Waals surface area contributed by atoms with Crippen LogP contribution >= 0.6 is 27.5 Å². The van der Waals surface area contributed by atoms with Gasteiger partial charge in [0.2, 0.25) is 0 Å². The van der Waals surface area contributed by atoms with E-state index in [-0.39, 0.29) is 6.42 Å². The van der Waals surface area contributed by atoms with Crippen LogP contribution in [0.1, 0.15) is 26.3 Å². The van der Waals surface area contributed by atoms with Crippen LogP contribution in [0.25, 0.3) is 0 Å². The van der Waals surface area contributed by atoms with Crippen molar-refractivity contribution >= 4 is 39.6 Å². The SMILES string of the molecule is COC(=O)[C@H](Cc1cc(Br)ccc1Cl)NC(=O)OC(C)(C)C. The Labute approximate surface area is 143 Å². The minimum atomic E-state index is -0.883. The molecule has 22 heavy (non-hydrogen) atoms. The molecule has 0 fully saturated rings. The number of hydrogen-bond acceptors (Lipinski definition) is 4. The van der Waals surface area contributed by atoms with Gasteiger partial charge in [-0.25, -0.2) is 9.59 Å². The fourth-order valence-corrected chi connectivity index (χ4v) is 2.31. The lowest BCUT2D eigenvalue weighted by atomic mass is 10.1. The van der Waals surface area contributed by atoms with E-state index in [1.165, 1.54) is 7.11 Å². The molecule has 0 unspecified atom stereocenters. The first kappa shape index (κ1) is 18.8. The Balaban J connectivity index is 2.87. The molecule has 1 amide bonds. The van der Waals surface area contributed by atoms with Crippen molar-refractivity contribution in [3.8, 4) is 0 Å². The summed E-state index contributed by atoms with van der Waals surface area (Å²) in [7, 11) is 1.26. The lowest BCUT2D eigenvalue weighted by Gasteiger charge is -2.22. The second-order valence-electron chi connectivity index (χ2n) is 5.66. The highest BCUT2D eigenvalue weighted by Gasteiger charge is 2.26. The lowest BCUT2D eigenvalue weighted by molar-refractivity contribution is -0.143. The van der Waals surface area contributed by atoms with E-state index in [4.69, 9.17) is 21.1 Å². The number of methoxy groups -OCH3 is 1. The minimum Gasteiger partial charge on any atom is -0.467 e. The van der Waals surface area contributed by atoms with E-state index in [0.717, 1.165) is 4.47 Å². The Hall–Kier alpha value is -1.27. The second-order valence-corrected chi connectivity index (χ2v) is 6.98. The zero-order valence-corrected chi connectivity index (χ0v) is 15.2. The molecule has 0 aromatic heterocycles. The molecule has 7 heteroatoms. The van der Waals surface area contributed by atoms with Crippen LogP contribution in [-0.2, 0) is 20.7 Å². The third-order valence-corrected chi connectivity index (χ3v) is 3.47. The Morgan fingerprint density at radius 3 is 2.55 bits per heavy atom. The van der Waals surface area contributed by atoms with Crippen molar-refractivity contribution in [1.29, 1.82) is 0 Å². The van der Waals surface area contributed by atoms with Gasteiger partial charge in [-0.1, -0.05) is 27.5 Å². The van der Waals surface area contributed by atoms with Crippen molar-refractivity contribution in [2.45, 2.75) is 38.8 Å². The number of carbonyl (C=O) groups excluding carboxylic acids is 2. The van der Waals surface area contributed by atoms with Gasteiger partial charge in [0.05, 0.1) is 7.11 Å². The highest BCUT2D eigenvalue weighted by Crippen LogP contribution is 2.22. The number of rotatable bonds is 4. The Morgan fingerprint density at radius 2 is 2.00 bits per heavy atom. The molecule has 1 aromatic rings. The Morgan fingerprint density at radius 1 is 1.36 bits per heavy atom. The maximum atomic E-state index is 11.9. The maximum Gasteiger partial charge on any atom is 0.408 e. The first-order valence-electron chi connectivity index (χ1n) is 6.63. The van der Waals surface area contributed by atoms with E-state index in [2.05, 4.69) is 21.2 Å². The maximum absolute atomic E-state index is 11.9. The predicted molar refractivity (Wildman–Crippen MR) is 88.0 cm³/mol. The van der Waals surface area contributed by atoms with Crippen LogP contribution in [0.3, 0.4) is 0 Å². The Kier molecular flexibility index (Phi) is 6.68. The number of ether oxygens (including phenoxy) is 2. The van der Waals surface area contributed by atoms with Crippen LogP contribution in [0, 0.1) is 0 Å². The molecule has 0 aliphatic carbocycles. The molecule has 0 saturated heterocycles. The standard InChI is InChI=1S/C15H19BrClNO4/c1-15(2,3)22-14(20)18-12(13(19)21-4)8-9-7-10(16)5-6-11(9)17/h5-7,12H,8H2,1-4H3,(H,18,20)/t12-/m0/s1. The summed E-state index contributed by atoms with van der Waals surface area (Å²) in [6.07, 6.45) is -0.487. The van der Waals surface area contributed by atoms with Gasteiger partial charge in [0.15, 0.2) is 0 Å². The van der Waals surface area contributed by atoms with Crippen molar-refractivity contribution in [2.24, 2.45) is 0 Å².